The molecule has 4 rings (SSSR count). The van der Waals surface area contributed by atoms with Crippen LogP contribution in [0, 0.1) is 0 Å². The van der Waals surface area contributed by atoms with E-state index in [-0.39, 0.29) is 5.41 Å². The summed E-state index contributed by atoms with van der Waals surface area (Å²) >= 11 is 7.27. The molecule has 2 aromatic heterocycles. The SMILES string of the molecule is CC(C)(C)c1ccc(NC(=S)Cc2cccc(-c3nc4ccncc4s3)c2)cc1. The van der Waals surface area contributed by atoms with Crippen molar-refractivity contribution in [1.82, 2.24) is 9.97 Å². The highest BCUT2D eigenvalue weighted by atomic mass is 32.1. The van der Waals surface area contributed by atoms with Crippen molar-refractivity contribution in [2.45, 2.75) is 32.6 Å². The summed E-state index contributed by atoms with van der Waals surface area (Å²) in [4.78, 5) is 9.71. The number of hydrogen-bond donors (Lipinski definition) is 1. The molecular formula is C24H23N3S2. The molecule has 0 fully saturated rings. The minimum atomic E-state index is 0.149. The Morgan fingerprint density at radius 2 is 1.86 bits per heavy atom. The van der Waals surface area contributed by atoms with Crippen LogP contribution in [0.1, 0.15) is 31.9 Å². The van der Waals surface area contributed by atoms with Crippen molar-refractivity contribution in [2.75, 3.05) is 5.32 Å². The Morgan fingerprint density at radius 3 is 2.59 bits per heavy atom. The zero-order chi connectivity index (χ0) is 20.4. The predicted octanol–water partition coefficient (Wildman–Crippen LogP) is 6.64. The van der Waals surface area contributed by atoms with Crippen LogP contribution in [0.2, 0.25) is 0 Å². The third-order valence-electron chi connectivity index (χ3n) is 4.76. The molecule has 0 saturated heterocycles. The molecule has 5 heteroatoms. The molecule has 0 saturated carbocycles. The first-order chi connectivity index (χ1) is 13.9. The number of benzene rings is 2. The van der Waals surface area contributed by atoms with Gasteiger partial charge >= 0.3 is 0 Å². The van der Waals surface area contributed by atoms with Crippen molar-refractivity contribution in [3.63, 3.8) is 0 Å². The monoisotopic (exact) mass is 417 g/mol. The van der Waals surface area contributed by atoms with Gasteiger partial charge in [0.1, 0.15) is 5.01 Å². The molecule has 0 spiro atoms. The van der Waals surface area contributed by atoms with Gasteiger partial charge in [0.15, 0.2) is 0 Å². The van der Waals surface area contributed by atoms with Crippen molar-refractivity contribution in [3.8, 4) is 10.6 Å². The van der Waals surface area contributed by atoms with Gasteiger partial charge in [-0.3, -0.25) is 4.98 Å². The van der Waals surface area contributed by atoms with E-state index in [1.807, 2.05) is 12.3 Å². The van der Waals surface area contributed by atoms with Gasteiger partial charge < -0.3 is 5.32 Å². The summed E-state index contributed by atoms with van der Waals surface area (Å²) in [5.41, 5.74) is 5.76. The average molecular weight is 418 g/mol. The number of fused-ring (bicyclic) bond motifs is 1. The third-order valence-corrected chi connectivity index (χ3v) is 6.07. The Balaban J connectivity index is 1.47. The van der Waals surface area contributed by atoms with Crippen molar-refractivity contribution >= 4 is 44.4 Å². The zero-order valence-corrected chi connectivity index (χ0v) is 18.4. The molecular weight excluding hydrogens is 394 g/mol. The summed E-state index contributed by atoms with van der Waals surface area (Å²) in [7, 11) is 0. The maximum absolute atomic E-state index is 5.60. The summed E-state index contributed by atoms with van der Waals surface area (Å²) < 4.78 is 1.10. The number of nitrogens with zero attached hydrogens (tertiary/aromatic N) is 2. The van der Waals surface area contributed by atoms with E-state index < -0.39 is 0 Å². The minimum absolute atomic E-state index is 0.149. The predicted molar refractivity (Wildman–Crippen MR) is 128 cm³/mol. The standard InChI is InChI=1S/C24H23N3S2/c1-24(2,3)18-7-9-19(10-8-18)26-22(28)14-16-5-4-6-17(13-16)23-27-20-11-12-25-15-21(20)29-23/h4-13,15H,14H2,1-3H3,(H,26,28). The topological polar surface area (TPSA) is 37.8 Å². The highest BCUT2D eigenvalue weighted by Crippen LogP contribution is 2.30. The number of pyridine rings is 1. The second-order valence-corrected chi connectivity index (χ2v) is 9.64. The van der Waals surface area contributed by atoms with Gasteiger partial charge in [-0.2, -0.15) is 0 Å². The molecule has 0 bridgehead atoms. The number of hydrogen-bond acceptors (Lipinski definition) is 4. The van der Waals surface area contributed by atoms with E-state index in [2.05, 4.69) is 79.6 Å². The lowest BCUT2D eigenvalue weighted by Gasteiger charge is -2.19. The van der Waals surface area contributed by atoms with Gasteiger partial charge in [-0.05, 0) is 40.8 Å². The van der Waals surface area contributed by atoms with Crippen LogP contribution in [0.25, 0.3) is 20.8 Å². The number of aromatic nitrogens is 2. The molecule has 0 aliphatic carbocycles. The molecule has 1 N–H and O–H groups in total. The lowest BCUT2D eigenvalue weighted by Crippen LogP contribution is -2.13. The molecule has 0 atom stereocenters. The van der Waals surface area contributed by atoms with Crippen LogP contribution in [0.5, 0.6) is 0 Å². The molecule has 0 amide bonds. The fraction of sp³-hybridized carbons (Fsp3) is 0.208. The molecule has 0 radical (unpaired) electrons. The fourth-order valence-electron chi connectivity index (χ4n) is 3.16. The maximum atomic E-state index is 5.60. The molecule has 0 aliphatic heterocycles. The molecule has 0 aliphatic rings. The Labute approximate surface area is 180 Å². The van der Waals surface area contributed by atoms with Gasteiger partial charge in [-0.15, -0.1) is 11.3 Å². The van der Waals surface area contributed by atoms with E-state index in [1.165, 1.54) is 11.1 Å². The van der Waals surface area contributed by atoms with Crippen LogP contribution in [0.3, 0.4) is 0 Å². The zero-order valence-electron chi connectivity index (χ0n) is 16.8. The third kappa shape index (κ3) is 4.69. The van der Waals surface area contributed by atoms with Crippen LogP contribution in [-0.2, 0) is 11.8 Å². The highest BCUT2D eigenvalue weighted by Gasteiger charge is 2.13. The summed E-state index contributed by atoms with van der Waals surface area (Å²) in [6, 6.07) is 18.9. The first-order valence-corrected chi connectivity index (χ1v) is 10.8. The van der Waals surface area contributed by atoms with Gasteiger partial charge in [-0.1, -0.05) is 63.3 Å². The molecule has 4 aromatic rings. The molecule has 2 heterocycles. The number of rotatable bonds is 4. The van der Waals surface area contributed by atoms with E-state index in [0.29, 0.717) is 6.42 Å². The Hall–Kier alpha value is -2.63. The Bertz CT molecular complexity index is 1120. The van der Waals surface area contributed by atoms with Gasteiger partial charge in [0.25, 0.3) is 0 Å². The lowest BCUT2D eigenvalue weighted by molar-refractivity contribution is 0.590. The summed E-state index contributed by atoms with van der Waals surface area (Å²) in [6.45, 7) is 6.65. The first kappa shape index (κ1) is 19.7. The average Bonchev–Trinajstić information content (AvgIpc) is 3.12. The summed E-state index contributed by atoms with van der Waals surface area (Å²) in [6.07, 6.45) is 4.33. The minimum Gasteiger partial charge on any atom is -0.350 e. The highest BCUT2D eigenvalue weighted by molar-refractivity contribution is 7.80. The molecule has 29 heavy (non-hydrogen) atoms. The van der Waals surface area contributed by atoms with Gasteiger partial charge in [-0.25, -0.2) is 4.98 Å². The molecule has 146 valence electrons. The van der Waals surface area contributed by atoms with Gasteiger partial charge in [0.05, 0.1) is 15.2 Å². The normalized spacial score (nSPS) is 11.6. The van der Waals surface area contributed by atoms with Crippen LogP contribution in [0.4, 0.5) is 5.69 Å². The largest absolute Gasteiger partial charge is 0.350 e. The van der Waals surface area contributed by atoms with Crippen LogP contribution in [-0.4, -0.2) is 15.0 Å². The van der Waals surface area contributed by atoms with Crippen molar-refractivity contribution < 1.29 is 0 Å². The smallest absolute Gasteiger partial charge is 0.124 e. The van der Waals surface area contributed by atoms with Crippen molar-refractivity contribution in [1.29, 1.82) is 0 Å². The van der Waals surface area contributed by atoms with Gasteiger partial charge in [0, 0.05) is 30.1 Å². The van der Waals surface area contributed by atoms with Crippen LogP contribution in [0.15, 0.2) is 67.0 Å². The molecule has 3 nitrogen and oxygen atoms in total. The van der Waals surface area contributed by atoms with Crippen LogP contribution < -0.4 is 5.32 Å². The first-order valence-electron chi connectivity index (χ1n) is 9.59. The maximum Gasteiger partial charge on any atom is 0.124 e. The second kappa shape index (κ2) is 8.01. The summed E-state index contributed by atoms with van der Waals surface area (Å²) in [5.74, 6) is 0. The van der Waals surface area contributed by atoms with Crippen molar-refractivity contribution in [2.24, 2.45) is 0 Å². The van der Waals surface area contributed by atoms with Crippen molar-refractivity contribution in [3.05, 3.63) is 78.1 Å². The van der Waals surface area contributed by atoms with E-state index >= 15 is 0 Å². The molecule has 0 unspecified atom stereocenters. The van der Waals surface area contributed by atoms with Crippen LogP contribution >= 0.6 is 23.6 Å². The van der Waals surface area contributed by atoms with E-state index in [4.69, 9.17) is 17.2 Å². The van der Waals surface area contributed by atoms with E-state index in [9.17, 15) is 0 Å². The Kier molecular flexibility index (Phi) is 5.43. The quantitative estimate of drug-likeness (QED) is 0.378. The lowest BCUT2D eigenvalue weighted by atomic mass is 9.87. The van der Waals surface area contributed by atoms with Gasteiger partial charge in [0.2, 0.25) is 0 Å². The number of thiazole rings is 1. The van der Waals surface area contributed by atoms with E-state index in [0.717, 1.165) is 31.5 Å². The summed E-state index contributed by atoms with van der Waals surface area (Å²) in [5, 5.41) is 4.37. The second-order valence-electron chi connectivity index (χ2n) is 8.12. The number of anilines is 1. The van der Waals surface area contributed by atoms with E-state index in [1.54, 1.807) is 17.5 Å². The fourth-order valence-corrected chi connectivity index (χ4v) is 4.38. The number of thiocarbonyl (C=S) groups is 1. The number of nitrogens with one attached hydrogen (secondary N) is 1. The Morgan fingerprint density at radius 1 is 1.07 bits per heavy atom. The molecule has 2 aromatic carbocycles.